The van der Waals surface area contributed by atoms with Gasteiger partial charge in [0.25, 0.3) is 0 Å². The van der Waals surface area contributed by atoms with Crippen molar-refractivity contribution in [3.63, 3.8) is 0 Å². The Hall–Kier alpha value is -1.75. The lowest BCUT2D eigenvalue weighted by molar-refractivity contribution is -0.0606. The van der Waals surface area contributed by atoms with E-state index in [1.54, 1.807) is 6.20 Å². The number of nitrogens with zero attached hydrogens (tertiary/aromatic N) is 4. The van der Waals surface area contributed by atoms with E-state index < -0.39 is 0 Å². The molecular formula is C15H20N4O. The summed E-state index contributed by atoms with van der Waals surface area (Å²) < 4.78 is 7.66. The number of hydrogen-bond donors (Lipinski definition) is 0. The SMILES string of the molecule is Cn1nc(-c2ccccn2)nc1C1CCOC(C)(C)C1. The third kappa shape index (κ3) is 2.58. The van der Waals surface area contributed by atoms with E-state index in [0.29, 0.717) is 11.7 Å². The summed E-state index contributed by atoms with van der Waals surface area (Å²) in [7, 11) is 1.96. The Morgan fingerprint density at radius 3 is 2.90 bits per heavy atom. The molecule has 0 saturated carbocycles. The quantitative estimate of drug-likeness (QED) is 0.843. The summed E-state index contributed by atoms with van der Waals surface area (Å²) in [5.41, 5.74) is 0.737. The van der Waals surface area contributed by atoms with Crippen LogP contribution in [0.3, 0.4) is 0 Å². The molecule has 0 aromatic carbocycles. The summed E-state index contributed by atoms with van der Waals surface area (Å²) in [6.07, 6.45) is 3.74. The lowest BCUT2D eigenvalue weighted by Crippen LogP contribution is -2.33. The third-order valence-electron chi connectivity index (χ3n) is 3.75. The topological polar surface area (TPSA) is 52.8 Å². The molecule has 20 heavy (non-hydrogen) atoms. The average Bonchev–Trinajstić information content (AvgIpc) is 2.81. The van der Waals surface area contributed by atoms with Crippen molar-refractivity contribution in [2.24, 2.45) is 7.05 Å². The first-order chi connectivity index (χ1) is 9.55. The van der Waals surface area contributed by atoms with Gasteiger partial charge < -0.3 is 4.74 Å². The maximum atomic E-state index is 5.78. The van der Waals surface area contributed by atoms with Gasteiger partial charge in [0.1, 0.15) is 11.5 Å². The van der Waals surface area contributed by atoms with E-state index in [4.69, 9.17) is 9.72 Å². The van der Waals surface area contributed by atoms with Crippen LogP contribution in [0.15, 0.2) is 24.4 Å². The molecule has 1 aliphatic rings. The molecule has 1 unspecified atom stereocenters. The fourth-order valence-electron chi connectivity index (χ4n) is 2.81. The molecule has 1 saturated heterocycles. The Morgan fingerprint density at radius 2 is 2.20 bits per heavy atom. The Morgan fingerprint density at radius 1 is 1.35 bits per heavy atom. The molecule has 5 heteroatoms. The van der Waals surface area contributed by atoms with Gasteiger partial charge in [-0.25, -0.2) is 4.98 Å². The summed E-state index contributed by atoms with van der Waals surface area (Å²) >= 11 is 0. The van der Waals surface area contributed by atoms with E-state index in [1.807, 2.05) is 29.9 Å². The van der Waals surface area contributed by atoms with Crippen molar-refractivity contribution in [1.29, 1.82) is 0 Å². The summed E-state index contributed by atoms with van der Waals surface area (Å²) in [5.74, 6) is 2.13. The Balaban J connectivity index is 1.90. The molecule has 1 fully saturated rings. The van der Waals surface area contributed by atoms with E-state index in [1.165, 1.54) is 0 Å². The fourth-order valence-corrected chi connectivity index (χ4v) is 2.81. The van der Waals surface area contributed by atoms with Crippen molar-refractivity contribution in [2.75, 3.05) is 6.61 Å². The van der Waals surface area contributed by atoms with Crippen molar-refractivity contribution in [3.05, 3.63) is 30.2 Å². The second-order valence-corrected chi connectivity index (χ2v) is 5.93. The van der Waals surface area contributed by atoms with Crippen molar-refractivity contribution in [3.8, 4) is 11.5 Å². The van der Waals surface area contributed by atoms with Gasteiger partial charge in [-0.2, -0.15) is 0 Å². The van der Waals surface area contributed by atoms with Gasteiger partial charge in [0, 0.05) is 25.8 Å². The predicted octanol–water partition coefficient (Wildman–Crippen LogP) is 2.55. The van der Waals surface area contributed by atoms with Crippen molar-refractivity contribution < 1.29 is 4.74 Å². The molecule has 1 atom stereocenters. The number of hydrogen-bond acceptors (Lipinski definition) is 4. The molecule has 2 aromatic heterocycles. The first-order valence-electron chi connectivity index (χ1n) is 7.01. The van der Waals surface area contributed by atoms with Crippen LogP contribution in [0.4, 0.5) is 0 Å². The number of pyridine rings is 1. The highest BCUT2D eigenvalue weighted by molar-refractivity contribution is 5.47. The van der Waals surface area contributed by atoms with Gasteiger partial charge in [0.05, 0.1) is 5.60 Å². The molecule has 0 bridgehead atoms. The van der Waals surface area contributed by atoms with Crippen LogP contribution in [0.25, 0.3) is 11.5 Å². The van der Waals surface area contributed by atoms with Gasteiger partial charge in [-0.15, -0.1) is 5.10 Å². The fraction of sp³-hybridized carbons (Fsp3) is 0.533. The van der Waals surface area contributed by atoms with Crippen molar-refractivity contribution in [2.45, 2.75) is 38.2 Å². The maximum absolute atomic E-state index is 5.78. The van der Waals surface area contributed by atoms with E-state index in [9.17, 15) is 0 Å². The van der Waals surface area contributed by atoms with Gasteiger partial charge in [0.15, 0.2) is 5.82 Å². The minimum atomic E-state index is -0.0833. The first-order valence-corrected chi connectivity index (χ1v) is 7.01. The average molecular weight is 272 g/mol. The molecule has 0 amide bonds. The molecule has 0 spiro atoms. The summed E-state index contributed by atoms with van der Waals surface area (Å²) in [5, 5.41) is 4.51. The van der Waals surface area contributed by atoms with Crippen LogP contribution in [-0.4, -0.2) is 32.0 Å². The monoisotopic (exact) mass is 272 g/mol. The highest BCUT2D eigenvalue weighted by Gasteiger charge is 2.32. The normalized spacial score (nSPS) is 21.9. The molecule has 0 aliphatic carbocycles. The lowest BCUT2D eigenvalue weighted by atomic mass is 9.88. The molecule has 0 N–H and O–H groups in total. The Labute approximate surface area is 119 Å². The maximum Gasteiger partial charge on any atom is 0.200 e. The lowest BCUT2D eigenvalue weighted by Gasteiger charge is -2.34. The van der Waals surface area contributed by atoms with E-state index in [-0.39, 0.29) is 5.60 Å². The van der Waals surface area contributed by atoms with E-state index in [2.05, 4.69) is 23.9 Å². The standard InChI is InChI=1S/C15H20N4O/c1-15(2)10-11(7-9-20-15)14-17-13(18-19(14)3)12-6-4-5-8-16-12/h4-6,8,11H,7,9-10H2,1-3H3. The van der Waals surface area contributed by atoms with E-state index in [0.717, 1.165) is 31.0 Å². The molecule has 3 heterocycles. The van der Waals surface area contributed by atoms with Crippen molar-refractivity contribution in [1.82, 2.24) is 19.7 Å². The first kappa shape index (κ1) is 13.2. The van der Waals surface area contributed by atoms with Gasteiger partial charge in [-0.3, -0.25) is 9.67 Å². The number of rotatable bonds is 2. The predicted molar refractivity (Wildman–Crippen MR) is 76.2 cm³/mol. The van der Waals surface area contributed by atoms with Crippen molar-refractivity contribution >= 4 is 0 Å². The van der Waals surface area contributed by atoms with Gasteiger partial charge in [-0.1, -0.05) is 6.07 Å². The smallest absolute Gasteiger partial charge is 0.200 e. The molecule has 2 aromatic rings. The van der Waals surface area contributed by atoms with Crippen LogP contribution in [0.2, 0.25) is 0 Å². The molecule has 3 rings (SSSR count). The summed E-state index contributed by atoms with van der Waals surface area (Å²) in [6.45, 7) is 5.05. The van der Waals surface area contributed by atoms with Gasteiger partial charge >= 0.3 is 0 Å². The molecule has 106 valence electrons. The second kappa shape index (κ2) is 4.98. The Bertz CT molecular complexity index is 591. The number of aromatic nitrogens is 4. The van der Waals surface area contributed by atoms with Crippen LogP contribution < -0.4 is 0 Å². The zero-order valence-electron chi connectivity index (χ0n) is 12.2. The summed E-state index contributed by atoms with van der Waals surface area (Å²) in [4.78, 5) is 9.02. The van der Waals surface area contributed by atoms with Crippen LogP contribution >= 0.6 is 0 Å². The highest BCUT2D eigenvalue weighted by atomic mass is 16.5. The zero-order valence-corrected chi connectivity index (χ0v) is 12.2. The van der Waals surface area contributed by atoms with E-state index >= 15 is 0 Å². The largest absolute Gasteiger partial charge is 0.376 e. The van der Waals surface area contributed by atoms with Gasteiger partial charge in [-0.05, 0) is 38.8 Å². The molecule has 1 aliphatic heterocycles. The molecular weight excluding hydrogens is 252 g/mol. The van der Waals surface area contributed by atoms with Crippen LogP contribution in [0, 0.1) is 0 Å². The summed E-state index contributed by atoms with van der Waals surface area (Å²) in [6, 6.07) is 5.79. The highest BCUT2D eigenvalue weighted by Crippen LogP contribution is 2.35. The van der Waals surface area contributed by atoms with Crippen LogP contribution in [0.1, 0.15) is 38.4 Å². The minimum absolute atomic E-state index is 0.0833. The minimum Gasteiger partial charge on any atom is -0.376 e. The van der Waals surface area contributed by atoms with Gasteiger partial charge in [0.2, 0.25) is 0 Å². The Kier molecular flexibility index (Phi) is 3.30. The van der Waals surface area contributed by atoms with Crippen LogP contribution in [0.5, 0.6) is 0 Å². The molecule has 5 nitrogen and oxygen atoms in total. The molecule has 0 radical (unpaired) electrons. The zero-order chi connectivity index (χ0) is 14.2. The number of ether oxygens (including phenoxy) is 1. The third-order valence-corrected chi connectivity index (χ3v) is 3.75. The van der Waals surface area contributed by atoms with Crippen LogP contribution in [-0.2, 0) is 11.8 Å². The number of aryl methyl sites for hydroxylation is 1. The second-order valence-electron chi connectivity index (χ2n) is 5.93.